The zero-order valence-corrected chi connectivity index (χ0v) is 21.6. The molecule has 0 radical (unpaired) electrons. The summed E-state index contributed by atoms with van der Waals surface area (Å²) in [6.45, 7) is 11.1. The Kier molecular flexibility index (Phi) is 12.8. The van der Waals surface area contributed by atoms with Gasteiger partial charge in [-0.3, -0.25) is 4.79 Å². The van der Waals surface area contributed by atoms with Crippen molar-refractivity contribution in [3.8, 4) is 5.75 Å². The molecule has 0 unspecified atom stereocenters. The molecule has 0 atom stereocenters. The molecule has 8 heteroatoms. The molecule has 0 aliphatic carbocycles. The first kappa shape index (κ1) is 27.5. The van der Waals surface area contributed by atoms with Crippen LogP contribution in [0.5, 0.6) is 5.75 Å². The van der Waals surface area contributed by atoms with Gasteiger partial charge in [0.2, 0.25) is 5.91 Å². The maximum Gasteiger partial charge on any atom is 0.225 e. The molecule has 1 saturated heterocycles. The van der Waals surface area contributed by atoms with E-state index in [-0.39, 0.29) is 53.4 Å². The maximum absolute atomic E-state index is 14.1. The van der Waals surface area contributed by atoms with Gasteiger partial charge in [0, 0.05) is 31.6 Å². The van der Waals surface area contributed by atoms with Crippen molar-refractivity contribution >= 4 is 35.8 Å². The van der Waals surface area contributed by atoms with Gasteiger partial charge in [-0.1, -0.05) is 19.9 Å². The molecule has 0 saturated carbocycles. The van der Waals surface area contributed by atoms with Crippen LogP contribution in [0.4, 0.5) is 4.39 Å². The van der Waals surface area contributed by atoms with Gasteiger partial charge < -0.3 is 20.3 Å². The summed E-state index contributed by atoms with van der Waals surface area (Å²) in [7, 11) is 0. The number of halogens is 2. The number of guanidine groups is 1. The van der Waals surface area contributed by atoms with Crippen molar-refractivity contribution in [3.05, 3.63) is 29.6 Å². The Morgan fingerprint density at radius 2 is 1.90 bits per heavy atom. The lowest BCUT2D eigenvalue weighted by atomic mass is 9.98. The standard InChI is InChI=1S/C23H37FN4O2.HI/c1-5-18(6-2)22(29)28-13-11-19(12-14-28)27-23(25-7-3)26-16-17-9-10-21(30-8-4)20(24)15-17;/h9-10,15,18-19H,5-8,11-14,16H2,1-4H3,(H2,25,26,27);1H. The van der Waals surface area contributed by atoms with Gasteiger partial charge in [0.15, 0.2) is 17.5 Å². The molecule has 1 heterocycles. The van der Waals surface area contributed by atoms with Crippen LogP contribution < -0.4 is 15.4 Å². The average molecular weight is 548 g/mol. The van der Waals surface area contributed by atoms with Crippen molar-refractivity contribution in [2.75, 3.05) is 26.2 Å². The normalized spacial score (nSPS) is 14.9. The Morgan fingerprint density at radius 1 is 1.23 bits per heavy atom. The van der Waals surface area contributed by atoms with E-state index >= 15 is 0 Å². The predicted octanol–water partition coefficient (Wildman–Crippen LogP) is 4.32. The summed E-state index contributed by atoms with van der Waals surface area (Å²) in [6.07, 6.45) is 3.59. The van der Waals surface area contributed by atoms with Crippen LogP contribution in [0.3, 0.4) is 0 Å². The number of carbonyl (C=O) groups is 1. The van der Waals surface area contributed by atoms with Gasteiger partial charge >= 0.3 is 0 Å². The number of carbonyl (C=O) groups excluding carboxylic acids is 1. The molecular formula is C23H38FIN4O2. The fraction of sp³-hybridized carbons (Fsp3) is 0.652. The third-order valence-corrected chi connectivity index (χ3v) is 5.54. The van der Waals surface area contributed by atoms with Crippen LogP contribution >= 0.6 is 24.0 Å². The van der Waals surface area contributed by atoms with E-state index in [1.807, 2.05) is 24.8 Å². The van der Waals surface area contributed by atoms with Crippen LogP contribution in [0.15, 0.2) is 23.2 Å². The number of nitrogens with zero attached hydrogens (tertiary/aromatic N) is 2. The van der Waals surface area contributed by atoms with Crippen LogP contribution in [-0.4, -0.2) is 49.0 Å². The number of amides is 1. The van der Waals surface area contributed by atoms with E-state index in [1.165, 1.54) is 6.07 Å². The SMILES string of the molecule is CCNC(=NCc1ccc(OCC)c(F)c1)NC1CCN(C(=O)C(CC)CC)CC1.I. The molecule has 176 valence electrons. The zero-order valence-electron chi connectivity index (χ0n) is 19.2. The summed E-state index contributed by atoms with van der Waals surface area (Å²) in [6, 6.07) is 5.23. The first-order chi connectivity index (χ1) is 14.5. The Bertz CT molecular complexity index is 705. The average Bonchev–Trinajstić information content (AvgIpc) is 2.75. The largest absolute Gasteiger partial charge is 0.491 e. The van der Waals surface area contributed by atoms with Gasteiger partial charge in [-0.25, -0.2) is 9.38 Å². The van der Waals surface area contributed by atoms with Gasteiger partial charge in [0.05, 0.1) is 13.2 Å². The molecule has 1 aliphatic rings. The highest BCUT2D eigenvalue weighted by Crippen LogP contribution is 2.19. The number of benzene rings is 1. The van der Waals surface area contributed by atoms with Crippen LogP contribution in [0.25, 0.3) is 0 Å². The lowest BCUT2D eigenvalue weighted by Crippen LogP contribution is -2.50. The summed E-state index contributed by atoms with van der Waals surface area (Å²) in [5.74, 6) is 1.05. The van der Waals surface area contributed by atoms with E-state index in [9.17, 15) is 9.18 Å². The molecule has 6 nitrogen and oxygen atoms in total. The Morgan fingerprint density at radius 3 is 2.45 bits per heavy atom. The molecule has 31 heavy (non-hydrogen) atoms. The number of piperidine rings is 1. The van der Waals surface area contributed by atoms with Crippen LogP contribution in [0, 0.1) is 11.7 Å². The fourth-order valence-electron chi connectivity index (χ4n) is 3.74. The van der Waals surface area contributed by atoms with Crippen LogP contribution in [0.1, 0.15) is 58.9 Å². The Labute approximate surface area is 203 Å². The summed E-state index contributed by atoms with van der Waals surface area (Å²) >= 11 is 0. The number of aliphatic imine (C=N–C) groups is 1. The van der Waals surface area contributed by atoms with E-state index in [0.717, 1.165) is 56.8 Å². The summed E-state index contributed by atoms with van der Waals surface area (Å²) in [4.78, 5) is 19.2. The highest BCUT2D eigenvalue weighted by atomic mass is 127. The second-order valence-corrected chi connectivity index (χ2v) is 7.65. The number of likely N-dealkylation sites (tertiary alicyclic amines) is 1. The Hall–Kier alpha value is -1.58. The molecule has 1 aromatic rings. The number of ether oxygens (including phenoxy) is 1. The smallest absolute Gasteiger partial charge is 0.225 e. The van der Waals surface area contributed by atoms with Gasteiger partial charge in [-0.15, -0.1) is 24.0 Å². The lowest BCUT2D eigenvalue weighted by Gasteiger charge is -2.34. The molecule has 1 aliphatic heterocycles. The minimum atomic E-state index is -0.364. The van der Waals surface area contributed by atoms with Crippen molar-refractivity contribution in [3.63, 3.8) is 0 Å². The zero-order chi connectivity index (χ0) is 21.9. The predicted molar refractivity (Wildman–Crippen MR) is 135 cm³/mol. The molecule has 0 spiro atoms. The molecule has 0 aromatic heterocycles. The minimum absolute atomic E-state index is 0. The maximum atomic E-state index is 14.1. The van der Waals surface area contributed by atoms with Crippen molar-refractivity contribution in [2.45, 2.75) is 66.0 Å². The molecule has 0 bridgehead atoms. The molecule has 1 amide bonds. The minimum Gasteiger partial charge on any atom is -0.491 e. The van der Waals surface area contributed by atoms with Crippen molar-refractivity contribution in [1.29, 1.82) is 0 Å². The molecule has 2 N–H and O–H groups in total. The molecular weight excluding hydrogens is 510 g/mol. The monoisotopic (exact) mass is 548 g/mol. The van der Waals surface area contributed by atoms with E-state index in [0.29, 0.717) is 13.2 Å². The first-order valence-corrected chi connectivity index (χ1v) is 11.3. The van der Waals surface area contributed by atoms with Crippen molar-refractivity contribution in [1.82, 2.24) is 15.5 Å². The summed E-state index contributed by atoms with van der Waals surface area (Å²) < 4.78 is 19.3. The highest BCUT2D eigenvalue weighted by Gasteiger charge is 2.26. The van der Waals surface area contributed by atoms with E-state index in [4.69, 9.17) is 4.74 Å². The summed E-state index contributed by atoms with van der Waals surface area (Å²) in [5, 5.41) is 6.73. The fourth-order valence-corrected chi connectivity index (χ4v) is 3.74. The van der Waals surface area contributed by atoms with Crippen molar-refractivity contribution < 1.29 is 13.9 Å². The van der Waals surface area contributed by atoms with Gasteiger partial charge in [0.1, 0.15) is 0 Å². The number of nitrogens with one attached hydrogen (secondary N) is 2. The molecule has 1 fully saturated rings. The number of hydrogen-bond acceptors (Lipinski definition) is 3. The first-order valence-electron chi connectivity index (χ1n) is 11.3. The van der Waals surface area contributed by atoms with E-state index in [1.54, 1.807) is 6.07 Å². The van der Waals surface area contributed by atoms with E-state index in [2.05, 4.69) is 29.5 Å². The summed E-state index contributed by atoms with van der Waals surface area (Å²) in [5.41, 5.74) is 0.791. The van der Waals surface area contributed by atoms with Gasteiger partial charge in [-0.05, 0) is 57.2 Å². The quantitative estimate of drug-likeness (QED) is 0.274. The third kappa shape index (κ3) is 8.46. The highest BCUT2D eigenvalue weighted by molar-refractivity contribution is 14.0. The van der Waals surface area contributed by atoms with Crippen molar-refractivity contribution in [2.24, 2.45) is 10.9 Å². The lowest BCUT2D eigenvalue weighted by molar-refractivity contribution is -0.136. The number of rotatable bonds is 9. The molecule has 2 rings (SSSR count). The van der Waals surface area contributed by atoms with E-state index < -0.39 is 0 Å². The van der Waals surface area contributed by atoms with Crippen LogP contribution in [-0.2, 0) is 11.3 Å². The van der Waals surface area contributed by atoms with Gasteiger partial charge in [-0.2, -0.15) is 0 Å². The second kappa shape index (κ2) is 14.5. The second-order valence-electron chi connectivity index (χ2n) is 7.65. The topological polar surface area (TPSA) is 66.0 Å². The van der Waals surface area contributed by atoms with Gasteiger partial charge in [0.25, 0.3) is 0 Å². The van der Waals surface area contributed by atoms with Crippen LogP contribution in [0.2, 0.25) is 0 Å². The third-order valence-electron chi connectivity index (χ3n) is 5.54. The molecule has 1 aromatic carbocycles. The Balaban J connectivity index is 0.00000480. The number of hydrogen-bond donors (Lipinski definition) is 2.